The first kappa shape index (κ1) is 12.2. The van der Waals surface area contributed by atoms with E-state index in [9.17, 15) is 0 Å². The van der Waals surface area contributed by atoms with Gasteiger partial charge in [0.1, 0.15) is 0 Å². The predicted molar refractivity (Wildman–Crippen MR) is 64.2 cm³/mol. The second kappa shape index (κ2) is 3.95. The number of rotatable bonds is 2. The second-order valence-electron chi connectivity index (χ2n) is 5.95. The van der Waals surface area contributed by atoms with Crippen molar-refractivity contribution in [3.63, 3.8) is 0 Å². The Morgan fingerprint density at radius 2 is 1.86 bits per heavy atom. The lowest BCUT2D eigenvalue weighted by atomic mass is 10.2. The van der Waals surface area contributed by atoms with Crippen molar-refractivity contribution in [2.75, 3.05) is 6.54 Å². The molecule has 1 aliphatic rings. The number of hydrogen-bond acceptors (Lipinski definition) is 2. The Balaban J connectivity index is 2.58. The van der Waals surface area contributed by atoms with E-state index in [4.69, 9.17) is 4.43 Å². The Morgan fingerprint density at radius 3 is 2.21 bits per heavy atom. The lowest BCUT2D eigenvalue weighted by molar-refractivity contribution is 0.172. The number of hydrogen-bond donors (Lipinski definition) is 1. The van der Waals surface area contributed by atoms with Crippen LogP contribution in [0.2, 0.25) is 18.1 Å². The van der Waals surface area contributed by atoms with Crippen LogP contribution in [0.4, 0.5) is 0 Å². The zero-order chi connectivity index (χ0) is 11.0. The highest BCUT2D eigenvalue weighted by molar-refractivity contribution is 6.74. The molecule has 1 N–H and O–H groups in total. The van der Waals surface area contributed by atoms with Gasteiger partial charge in [-0.15, -0.1) is 0 Å². The molecule has 0 unspecified atom stereocenters. The van der Waals surface area contributed by atoms with Crippen LogP contribution in [-0.2, 0) is 4.43 Å². The summed E-state index contributed by atoms with van der Waals surface area (Å²) in [5.74, 6) is 0. The molecule has 0 aromatic rings. The highest BCUT2D eigenvalue weighted by Crippen LogP contribution is 2.38. The topological polar surface area (TPSA) is 21.3 Å². The first-order valence-electron chi connectivity index (χ1n) is 5.65. The van der Waals surface area contributed by atoms with Gasteiger partial charge in [0.15, 0.2) is 8.32 Å². The van der Waals surface area contributed by atoms with Crippen molar-refractivity contribution < 1.29 is 4.43 Å². The Hall–Kier alpha value is 0.137. The highest BCUT2D eigenvalue weighted by atomic mass is 28.4. The summed E-state index contributed by atoms with van der Waals surface area (Å²) in [6, 6.07) is 0.532. The van der Waals surface area contributed by atoms with Gasteiger partial charge in [-0.2, -0.15) is 0 Å². The lowest BCUT2D eigenvalue weighted by Crippen LogP contribution is -2.46. The van der Waals surface area contributed by atoms with Crippen LogP contribution < -0.4 is 5.32 Å². The zero-order valence-corrected chi connectivity index (χ0v) is 11.5. The number of nitrogens with one attached hydrogen (secondary N) is 1. The molecule has 0 bridgehead atoms. The molecule has 1 heterocycles. The third-order valence-corrected chi connectivity index (χ3v) is 8.21. The van der Waals surface area contributed by atoms with Gasteiger partial charge in [0.25, 0.3) is 0 Å². The third-order valence-electron chi connectivity index (χ3n) is 3.71. The van der Waals surface area contributed by atoms with E-state index in [1.165, 1.54) is 6.42 Å². The predicted octanol–water partition coefficient (Wildman–Crippen LogP) is 2.76. The summed E-state index contributed by atoms with van der Waals surface area (Å²) in [5, 5.41) is 3.77. The summed E-state index contributed by atoms with van der Waals surface area (Å²) in [7, 11) is -1.55. The Morgan fingerprint density at radius 1 is 1.29 bits per heavy atom. The van der Waals surface area contributed by atoms with Gasteiger partial charge < -0.3 is 9.74 Å². The fourth-order valence-electron chi connectivity index (χ4n) is 1.55. The first-order valence-corrected chi connectivity index (χ1v) is 8.56. The van der Waals surface area contributed by atoms with Crippen LogP contribution in [0.1, 0.15) is 34.1 Å². The Bertz CT molecular complexity index is 198. The minimum Gasteiger partial charge on any atom is -0.412 e. The van der Waals surface area contributed by atoms with E-state index in [1.807, 2.05) is 0 Å². The molecular weight excluding hydrogens is 190 g/mol. The van der Waals surface area contributed by atoms with E-state index < -0.39 is 8.32 Å². The molecule has 0 saturated carbocycles. The van der Waals surface area contributed by atoms with Gasteiger partial charge in [-0.25, -0.2) is 0 Å². The molecule has 0 aromatic carbocycles. The monoisotopic (exact) mass is 215 g/mol. The van der Waals surface area contributed by atoms with Crippen molar-refractivity contribution in [3.05, 3.63) is 0 Å². The van der Waals surface area contributed by atoms with Crippen molar-refractivity contribution in [1.82, 2.24) is 5.32 Å². The van der Waals surface area contributed by atoms with E-state index in [1.54, 1.807) is 0 Å². The molecule has 1 rings (SSSR count). The molecule has 0 radical (unpaired) electrons. The molecule has 3 heteroatoms. The molecule has 0 amide bonds. The smallest absolute Gasteiger partial charge is 0.192 e. The quantitative estimate of drug-likeness (QED) is 0.715. The van der Waals surface area contributed by atoms with Gasteiger partial charge in [0, 0.05) is 6.04 Å². The molecule has 0 aliphatic carbocycles. The fraction of sp³-hybridized carbons (Fsp3) is 1.00. The Kier molecular flexibility index (Phi) is 3.44. The highest BCUT2D eigenvalue weighted by Gasteiger charge is 2.40. The zero-order valence-electron chi connectivity index (χ0n) is 10.5. The van der Waals surface area contributed by atoms with E-state index in [0.29, 0.717) is 17.2 Å². The van der Waals surface area contributed by atoms with Crippen LogP contribution in [0, 0.1) is 0 Å². The molecule has 2 atom stereocenters. The van der Waals surface area contributed by atoms with E-state index in [0.717, 1.165) is 6.54 Å². The van der Waals surface area contributed by atoms with Crippen LogP contribution in [0.3, 0.4) is 0 Å². The summed E-state index contributed by atoms with van der Waals surface area (Å²) in [6.07, 6.45) is 1.61. The molecule has 0 spiro atoms. The Labute approximate surface area is 89.6 Å². The van der Waals surface area contributed by atoms with Crippen LogP contribution in [0.25, 0.3) is 0 Å². The minimum absolute atomic E-state index is 0.329. The summed E-state index contributed by atoms with van der Waals surface area (Å²) in [4.78, 5) is 0. The van der Waals surface area contributed by atoms with Crippen LogP contribution in [0.5, 0.6) is 0 Å². The molecule has 2 nitrogen and oxygen atoms in total. The van der Waals surface area contributed by atoms with Crippen LogP contribution >= 0.6 is 0 Å². The SMILES string of the molecule is C[C@@H]1NCC[C@H]1O[Si](C)(C)C(C)(C)C. The maximum absolute atomic E-state index is 6.35. The average Bonchev–Trinajstić information content (AvgIpc) is 2.33. The molecule has 1 aliphatic heterocycles. The van der Waals surface area contributed by atoms with Gasteiger partial charge in [-0.3, -0.25) is 0 Å². The van der Waals surface area contributed by atoms with Crippen molar-refractivity contribution in [3.8, 4) is 0 Å². The molecule has 84 valence electrons. The van der Waals surface area contributed by atoms with Crippen LogP contribution in [-0.4, -0.2) is 27.0 Å². The van der Waals surface area contributed by atoms with Gasteiger partial charge in [0.2, 0.25) is 0 Å². The molecular formula is C11H25NOSi. The van der Waals surface area contributed by atoms with Crippen molar-refractivity contribution in [2.45, 2.75) is 64.4 Å². The minimum atomic E-state index is -1.55. The van der Waals surface area contributed by atoms with E-state index in [-0.39, 0.29) is 0 Å². The standard InChI is InChI=1S/C11H25NOSi/c1-9-10(7-8-12-9)13-14(5,6)11(2,3)4/h9-10,12H,7-8H2,1-6H3/t9-,10+/m0/s1. The summed E-state index contributed by atoms with van der Waals surface area (Å²) in [6.45, 7) is 14.9. The largest absolute Gasteiger partial charge is 0.412 e. The van der Waals surface area contributed by atoms with Gasteiger partial charge in [-0.1, -0.05) is 20.8 Å². The van der Waals surface area contributed by atoms with Crippen molar-refractivity contribution >= 4 is 8.32 Å². The van der Waals surface area contributed by atoms with E-state index in [2.05, 4.69) is 46.1 Å². The van der Waals surface area contributed by atoms with Crippen LogP contribution in [0.15, 0.2) is 0 Å². The first-order chi connectivity index (χ1) is 6.24. The lowest BCUT2D eigenvalue weighted by Gasteiger charge is -2.39. The maximum Gasteiger partial charge on any atom is 0.192 e. The van der Waals surface area contributed by atoms with Crippen molar-refractivity contribution in [2.24, 2.45) is 0 Å². The molecule has 1 fully saturated rings. The van der Waals surface area contributed by atoms with Gasteiger partial charge >= 0.3 is 0 Å². The summed E-state index contributed by atoms with van der Waals surface area (Å²) < 4.78 is 6.35. The summed E-state index contributed by atoms with van der Waals surface area (Å²) >= 11 is 0. The molecule has 0 aromatic heterocycles. The van der Waals surface area contributed by atoms with Crippen molar-refractivity contribution in [1.29, 1.82) is 0 Å². The van der Waals surface area contributed by atoms with Gasteiger partial charge in [0.05, 0.1) is 6.10 Å². The molecule has 1 saturated heterocycles. The normalized spacial score (nSPS) is 29.6. The second-order valence-corrected chi connectivity index (χ2v) is 10.7. The summed E-state index contributed by atoms with van der Waals surface area (Å²) in [5.41, 5.74) is 0. The fourth-order valence-corrected chi connectivity index (χ4v) is 2.98. The van der Waals surface area contributed by atoms with Gasteiger partial charge in [-0.05, 0) is 38.0 Å². The van der Waals surface area contributed by atoms with E-state index >= 15 is 0 Å². The molecule has 14 heavy (non-hydrogen) atoms. The maximum atomic E-state index is 6.35. The average molecular weight is 215 g/mol. The third kappa shape index (κ3) is 2.58.